The van der Waals surface area contributed by atoms with E-state index in [9.17, 15) is 4.79 Å². The Labute approximate surface area is 193 Å². The summed E-state index contributed by atoms with van der Waals surface area (Å²) in [5, 5.41) is 6.95. The molecular weight excluding hydrogens is 396 g/mol. The van der Waals surface area contributed by atoms with Gasteiger partial charge in [-0.25, -0.2) is 0 Å². The molecule has 0 saturated carbocycles. The van der Waals surface area contributed by atoms with E-state index in [1.807, 2.05) is 13.0 Å². The van der Waals surface area contributed by atoms with Crippen molar-refractivity contribution in [2.24, 2.45) is 0 Å². The third kappa shape index (κ3) is 6.41. The Morgan fingerprint density at radius 1 is 0.938 bits per heavy atom. The van der Waals surface area contributed by atoms with Crippen LogP contribution in [0.3, 0.4) is 0 Å². The molecule has 0 aliphatic carbocycles. The Kier molecular flexibility index (Phi) is 8.32. The molecule has 5 heteroatoms. The summed E-state index contributed by atoms with van der Waals surface area (Å²) < 4.78 is 0. The van der Waals surface area contributed by atoms with E-state index < -0.39 is 0 Å². The van der Waals surface area contributed by atoms with Gasteiger partial charge in [0, 0.05) is 38.3 Å². The maximum atomic E-state index is 12.7. The quantitative estimate of drug-likeness (QED) is 0.637. The smallest absolute Gasteiger partial charge is 0.237 e. The van der Waals surface area contributed by atoms with Crippen molar-refractivity contribution in [1.29, 1.82) is 0 Å². The molecule has 2 atom stereocenters. The van der Waals surface area contributed by atoms with Crippen LogP contribution in [0.2, 0.25) is 0 Å². The van der Waals surface area contributed by atoms with Gasteiger partial charge in [0.15, 0.2) is 0 Å². The first-order valence-electron chi connectivity index (χ1n) is 12.3. The number of rotatable bonds is 9. The number of benzene rings is 2. The van der Waals surface area contributed by atoms with Crippen LogP contribution in [0.4, 0.5) is 0 Å². The summed E-state index contributed by atoms with van der Waals surface area (Å²) in [6.07, 6.45) is 4.41. The van der Waals surface area contributed by atoms with Crippen molar-refractivity contribution >= 4 is 5.91 Å². The topological polar surface area (TPSA) is 47.6 Å². The summed E-state index contributed by atoms with van der Waals surface area (Å²) >= 11 is 0. The van der Waals surface area contributed by atoms with E-state index in [1.165, 1.54) is 24.0 Å². The van der Waals surface area contributed by atoms with Gasteiger partial charge in [0.05, 0.1) is 6.04 Å². The highest BCUT2D eigenvalue weighted by Crippen LogP contribution is 2.23. The fraction of sp³-hybridized carbons (Fsp3) is 0.519. The summed E-state index contributed by atoms with van der Waals surface area (Å²) in [7, 11) is 0. The van der Waals surface area contributed by atoms with Gasteiger partial charge in [0.1, 0.15) is 0 Å². The van der Waals surface area contributed by atoms with Gasteiger partial charge in [-0.15, -0.1) is 0 Å². The number of likely N-dealkylation sites (tertiary alicyclic amines) is 2. The molecule has 0 unspecified atom stereocenters. The van der Waals surface area contributed by atoms with Gasteiger partial charge in [0.25, 0.3) is 0 Å². The second-order valence-electron chi connectivity index (χ2n) is 9.28. The first kappa shape index (κ1) is 23.0. The monoisotopic (exact) mass is 434 g/mol. The lowest BCUT2D eigenvalue weighted by atomic mass is 10.0. The van der Waals surface area contributed by atoms with E-state index in [1.54, 1.807) is 0 Å². The second kappa shape index (κ2) is 11.6. The molecule has 0 radical (unpaired) electrons. The van der Waals surface area contributed by atoms with Gasteiger partial charge in [-0.05, 0) is 56.8 Å². The average Bonchev–Trinajstić information content (AvgIpc) is 3.22. The molecule has 2 heterocycles. The normalized spacial score (nSPS) is 22.8. The van der Waals surface area contributed by atoms with E-state index in [0.717, 1.165) is 45.6 Å². The molecule has 2 aliphatic heterocycles. The Morgan fingerprint density at radius 3 is 2.25 bits per heavy atom. The van der Waals surface area contributed by atoms with Crippen LogP contribution in [0.5, 0.6) is 0 Å². The van der Waals surface area contributed by atoms with Gasteiger partial charge in [-0.1, -0.05) is 60.7 Å². The standard InChI is InChI=1S/C27H38N4O/c1-2-28-27(32)26-19-25(21-31(26)20-23-11-7-4-8-12-23)29-24-14-17-30(18-15-24)16-13-22-9-5-3-6-10-22/h3-12,24-26,29H,2,13-21H2,1H3,(H,28,32)/t25-,26-/m0/s1. The Balaban J connectivity index is 1.26. The Morgan fingerprint density at radius 2 is 1.59 bits per heavy atom. The first-order chi connectivity index (χ1) is 15.7. The van der Waals surface area contributed by atoms with Crippen LogP contribution in [0.1, 0.15) is 37.3 Å². The number of likely N-dealkylation sites (N-methyl/N-ethyl adjacent to an activating group) is 1. The Bertz CT molecular complexity index is 820. The molecule has 2 saturated heterocycles. The molecule has 0 spiro atoms. The number of piperidine rings is 1. The number of hydrogen-bond acceptors (Lipinski definition) is 4. The van der Waals surface area contributed by atoms with Crippen LogP contribution in [0, 0.1) is 0 Å². The number of hydrogen-bond donors (Lipinski definition) is 2. The fourth-order valence-electron chi connectivity index (χ4n) is 5.17. The molecule has 2 aliphatic rings. The lowest BCUT2D eigenvalue weighted by Gasteiger charge is -2.34. The second-order valence-corrected chi connectivity index (χ2v) is 9.28. The molecule has 1 amide bonds. The zero-order valence-corrected chi connectivity index (χ0v) is 19.4. The Hall–Kier alpha value is -2.21. The zero-order valence-electron chi connectivity index (χ0n) is 19.4. The predicted molar refractivity (Wildman–Crippen MR) is 130 cm³/mol. The van der Waals surface area contributed by atoms with Crippen LogP contribution in [0.15, 0.2) is 60.7 Å². The summed E-state index contributed by atoms with van der Waals surface area (Å²) in [6.45, 7) is 7.91. The highest BCUT2D eigenvalue weighted by atomic mass is 16.2. The van der Waals surface area contributed by atoms with E-state index in [2.05, 4.69) is 75.0 Å². The van der Waals surface area contributed by atoms with Crippen molar-refractivity contribution < 1.29 is 4.79 Å². The van der Waals surface area contributed by atoms with Crippen LogP contribution < -0.4 is 10.6 Å². The summed E-state index contributed by atoms with van der Waals surface area (Å²) in [5.41, 5.74) is 2.70. The lowest BCUT2D eigenvalue weighted by Crippen LogP contribution is -2.47. The number of nitrogens with zero attached hydrogens (tertiary/aromatic N) is 2. The van der Waals surface area contributed by atoms with Gasteiger partial charge in [0.2, 0.25) is 5.91 Å². The van der Waals surface area contributed by atoms with E-state index in [-0.39, 0.29) is 11.9 Å². The van der Waals surface area contributed by atoms with Crippen molar-refractivity contribution in [3.05, 3.63) is 71.8 Å². The lowest BCUT2D eigenvalue weighted by molar-refractivity contribution is -0.125. The minimum Gasteiger partial charge on any atom is -0.355 e. The van der Waals surface area contributed by atoms with Gasteiger partial charge < -0.3 is 15.5 Å². The van der Waals surface area contributed by atoms with Crippen LogP contribution in [-0.4, -0.2) is 66.6 Å². The summed E-state index contributed by atoms with van der Waals surface area (Å²) in [6, 6.07) is 22.2. The molecule has 5 nitrogen and oxygen atoms in total. The van der Waals surface area contributed by atoms with Crippen molar-refractivity contribution in [1.82, 2.24) is 20.4 Å². The summed E-state index contributed by atoms with van der Waals surface area (Å²) in [5.74, 6) is 0.170. The molecule has 2 fully saturated rings. The molecular formula is C27H38N4O. The fourth-order valence-corrected chi connectivity index (χ4v) is 5.17. The van der Waals surface area contributed by atoms with Crippen molar-refractivity contribution in [2.45, 2.75) is 57.3 Å². The van der Waals surface area contributed by atoms with E-state index in [0.29, 0.717) is 18.6 Å². The first-order valence-corrected chi connectivity index (χ1v) is 12.3. The molecule has 4 rings (SSSR count). The highest BCUT2D eigenvalue weighted by molar-refractivity contribution is 5.82. The maximum Gasteiger partial charge on any atom is 0.237 e. The molecule has 2 aromatic rings. The van der Waals surface area contributed by atoms with Crippen molar-refractivity contribution in [3.8, 4) is 0 Å². The van der Waals surface area contributed by atoms with Gasteiger partial charge in [-0.2, -0.15) is 0 Å². The number of carbonyl (C=O) groups excluding carboxylic acids is 1. The molecule has 0 bridgehead atoms. The predicted octanol–water partition coefficient (Wildman–Crippen LogP) is 3.06. The average molecular weight is 435 g/mol. The third-order valence-electron chi connectivity index (χ3n) is 6.90. The highest BCUT2D eigenvalue weighted by Gasteiger charge is 2.37. The largest absolute Gasteiger partial charge is 0.355 e. The molecule has 2 aromatic carbocycles. The minimum absolute atomic E-state index is 0.0429. The van der Waals surface area contributed by atoms with Crippen molar-refractivity contribution in [2.75, 3.05) is 32.7 Å². The van der Waals surface area contributed by atoms with Crippen molar-refractivity contribution in [3.63, 3.8) is 0 Å². The van der Waals surface area contributed by atoms with E-state index in [4.69, 9.17) is 0 Å². The molecule has 0 aromatic heterocycles. The van der Waals surface area contributed by atoms with E-state index >= 15 is 0 Å². The van der Waals surface area contributed by atoms with Crippen LogP contribution >= 0.6 is 0 Å². The van der Waals surface area contributed by atoms with Crippen LogP contribution in [-0.2, 0) is 17.8 Å². The minimum atomic E-state index is -0.0429. The summed E-state index contributed by atoms with van der Waals surface area (Å²) in [4.78, 5) is 17.7. The van der Waals surface area contributed by atoms with Crippen LogP contribution in [0.25, 0.3) is 0 Å². The third-order valence-corrected chi connectivity index (χ3v) is 6.90. The van der Waals surface area contributed by atoms with Gasteiger partial charge in [-0.3, -0.25) is 9.69 Å². The maximum absolute atomic E-state index is 12.7. The molecule has 2 N–H and O–H groups in total. The molecule has 172 valence electrons. The number of amides is 1. The van der Waals surface area contributed by atoms with Gasteiger partial charge >= 0.3 is 0 Å². The number of carbonyl (C=O) groups is 1. The molecule has 32 heavy (non-hydrogen) atoms. The number of nitrogens with one attached hydrogen (secondary N) is 2. The zero-order chi connectivity index (χ0) is 22.2. The SMILES string of the molecule is CCNC(=O)[C@@H]1C[C@H](NC2CCN(CCc3ccccc3)CC2)CN1Cc1ccccc1.